The maximum absolute atomic E-state index is 13.0. The minimum atomic E-state index is -0.567. The summed E-state index contributed by atoms with van der Waals surface area (Å²) in [5.74, 6) is 0.184. The van der Waals surface area contributed by atoms with Crippen molar-refractivity contribution in [3.63, 3.8) is 0 Å². The van der Waals surface area contributed by atoms with Crippen LogP contribution in [0.5, 0.6) is 0 Å². The van der Waals surface area contributed by atoms with Gasteiger partial charge in [-0.3, -0.25) is 19.0 Å². The number of hydrogen-bond donors (Lipinski definition) is 3. The first-order valence-electron chi connectivity index (χ1n) is 10.5. The van der Waals surface area contributed by atoms with Crippen molar-refractivity contribution in [2.75, 3.05) is 31.3 Å². The topological polar surface area (TPSA) is 139 Å². The molecule has 2 amide bonds. The Balaban J connectivity index is 1.49. The molecule has 172 valence electrons. The van der Waals surface area contributed by atoms with Crippen LogP contribution in [-0.2, 0) is 4.79 Å². The highest BCUT2D eigenvalue weighted by Gasteiger charge is 2.35. The van der Waals surface area contributed by atoms with Crippen LogP contribution in [0.15, 0.2) is 59.8 Å². The Kier molecular flexibility index (Phi) is 5.17. The molecule has 4 aromatic rings. The highest BCUT2D eigenvalue weighted by atomic mass is 16.2. The Morgan fingerprint density at radius 2 is 1.97 bits per heavy atom. The van der Waals surface area contributed by atoms with Crippen LogP contribution in [0.25, 0.3) is 11.5 Å². The molecule has 3 N–H and O–H groups in total. The minimum absolute atomic E-state index is 0.151. The number of nitrogens with one attached hydrogen (secondary N) is 3. The van der Waals surface area contributed by atoms with Gasteiger partial charge in [-0.25, -0.2) is 14.5 Å². The summed E-state index contributed by atoms with van der Waals surface area (Å²) in [5, 5.41) is 13.2. The van der Waals surface area contributed by atoms with Gasteiger partial charge in [0.1, 0.15) is 17.5 Å². The van der Waals surface area contributed by atoms with E-state index < -0.39 is 11.9 Å². The lowest BCUT2D eigenvalue weighted by Crippen LogP contribution is -2.62. The number of hydrogen-bond acceptors (Lipinski definition) is 8. The number of anilines is 3. The normalized spacial score (nSPS) is 15.2. The Hall–Kier alpha value is -4.74. The number of fused-ring (bicyclic) bond motifs is 1. The van der Waals surface area contributed by atoms with E-state index >= 15 is 0 Å². The van der Waals surface area contributed by atoms with E-state index in [2.05, 4.69) is 31.0 Å². The van der Waals surface area contributed by atoms with E-state index in [0.717, 1.165) is 0 Å². The number of carbonyl (C=O) groups is 2. The summed E-state index contributed by atoms with van der Waals surface area (Å²) in [6.07, 6.45) is 4.63. The number of aromatic nitrogens is 5. The molecular weight excluding hydrogens is 438 g/mol. The van der Waals surface area contributed by atoms with Gasteiger partial charge in [0.2, 0.25) is 5.91 Å². The average molecular weight is 459 g/mol. The molecule has 1 aliphatic heterocycles. The fourth-order valence-corrected chi connectivity index (χ4v) is 3.71. The van der Waals surface area contributed by atoms with Crippen LogP contribution in [0, 0.1) is 0 Å². The first kappa shape index (κ1) is 21.1. The van der Waals surface area contributed by atoms with Gasteiger partial charge in [0, 0.05) is 39.1 Å². The third-order valence-corrected chi connectivity index (χ3v) is 5.51. The zero-order chi connectivity index (χ0) is 23.8. The second kappa shape index (κ2) is 8.31. The molecule has 12 heteroatoms. The van der Waals surface area contributed by atoms with Crippen LogP contribution in [0.4, 0.5) is 17.2 Å². The van der Waals surface area contributed by atoms with Gasteiger partial charge in [-0.1, -0.05) is 6.07 Å². The smallest absolute Gasteiger partial charge is 0.279 e. The van der Waals surface area contributed by atoms with E-state index in [1.807, 2.05) is 0 Å². The zero-order valence-electron chi connectivity index (χ0n) is 18.4. The Labute approximate surface area is 193 Å². The number of imidazole rings is 1. The van der Waals surface area contributed by atoms with Crippen molar-refractivity contribution in [1.29, 1.82) is 0 Å². The monoisotopic (exact) mass is 459 g/mol. The molecule has 1 fully saturated rings. The summed E-state index contributed by atoms with van der Waals surface area (Å²) >= 11 is 0. The summed E-state index contributed by atoms with van der Waals surface area (Å²) in [5.41, 5.74) is 1.14. The van der Waals surface area contributed by atoms with Crippen LogP contribution in [0.1, 0.15) is 10.5 Å². The van der Waals surface area contributed by atoms with Crippen molar-refractivity contribution in [2.45, 2.75) is 6.04 Å². The molecule has 5 rings (SSSR count). The van der Waals surface area contributed by atoms with Crippen molar-refractivity contribution in [2.24, 2.45) is 0 Å². The van der Waals surface area contributed by atoms with E-state index in [1.54, 1.807) is 62.9 Å². The molecule has 1 saturated heterocycles. The standard InChI is InChI=1S/C22H21N9O3/c1-23-14-10-17(26-13-6-5-9-30(22(13)34)18-7-3-4-8-24-18)28-31-16(11-25-19(14)31)20(32)27-15-12-29(2)21(15)33/h3-11,15,23H,12H2,1-2H3,(H,26,28)(H,27,32). The van der Waals surface area contributed by atoms with Gasteiger partial charge >= 0.3 is 0 Å². The number of likely N-dealkylation sites (tertiary alicyclic amines) is 1. The maximum Gasteiger partial charge on any atom is 0.279 e. The number of rotatable bonds is 6. The summed E-state index contributed by atoms with van der Waals surface area (Å²) in [6, 6.07) is 9.77. The molecular formula is C22H21N9O3. The summed E-state index contributed by atoms with van der Waals surface area (Å²) < 4.78 is 2.79. The lowest BCUT2D eigenvalue weighted by atomic mass is 10.1. The second-order valence-corrected chi connectivity index (χ2v) is 7.73. The molecule has 1 atom stereocenters. The predicted molar refractivity (Wildman–Crippen MR) is 125 cm³/mol. The number of β-lactam (4-membered cyclic amide) rings is 1. The van der Waals surface area contributed by atoms with Gasteiger partial charge in [0.25, 0.3) is 11.5 Å². The first-order valence-corrected chi connectivity index (χ1v) is 10.5. The molecule has 12 nitrogen and oxygen atoms in total. The SMILES string of the molecule is CNc1cc(Nc2cccn(-c3ccccn3)c2=O)nn2c(C(=O)NC3CN(C)C3=O)cnc12. The largest absolute Gasteiger partial charge is 0.385 e. The quantitative estimate of drug-likeness (QED) is 0.357. The number of likely N-dealkylation sites (N-methyl/N-ethyl adjacent to an activating group) is 1. The van der Waals surface area contributed by atoms with Crippen molar-refractivity contribution >= 4 is 34.7 Å². The number of carbonyl (C=O) groups excluding carboxylic acids is 2. The molecule has 5 heterocycles. The van der Waals surface area contributed by atoms with Crippen molar-refractivity contribution in [1.82, 2.24) is 34.4 Å². The highest BCUT2D eigenvalue weighted by Crippen LogP contribution is 2.22. The van der Waals surface area contributed by atoms with E-state index in [9.17, 15) is 14.4 Å². The van der Waals surface area contributed by atoms with Gasteiger partial charge in [-0.05, 0) is 24.3 Å². The van der Waals surface area contributed by atoms with Gasteiger partial charge in [0.05, 0.1) is 11.9 Å². The molecule has 0 saturated carbocycles. The maximum atomic E-state index is 13.0. The molecule has 0 aliphatic carbocycles. The Bertz CT molecular complexity index is 1460. The molecule has 0 radical (unpaired) electrons. The van der Waals surface area contributed by atoms with Crippen molar-refractivity contribution < 1.29 is 9.59 Å². The summed E-state index contributed by atoms with van der Waals surface area (Å²) in [6.45, 7) is 0.444. The van der Waals surface area contributed by atoms with E-state index in [0.29, 0.717) is 29.5 Å². The fourth-order valence-electron chi connectivity index (χ4n) is 3.71. The van der Waals surface area contributed by atoms with Crippen LogP contribution in [-0.4, -0.2) is 67.5 Å². The predicted octanol–water partition coefficient (Wildman–Crippen LogP) is 0.631. The van der Waals surface area contributed by atoms with Gasteiger partial charge in [-0.15, -0.1) is 5.10 Å². The van der Waals surface area contributed by atoms with Crippen LogP contribution in [0.3, 0.4) is 0 Å². The van der Waals surface area contributed by atoms with Crippen LogP contribution in [0.2, 0.25) is 0 Å². The van der Waals surface area contributed by atoms with E-state index in [-0.39, 0.29) is 22.8 Å². The molecule has 4 aromatic heterocycles. The lowest BCUT2D eigenvalue weighted by Gasteiger charge is -2.35. The zero-order valence-corrected chi connectivity index (χ0v) is 18.4. The van der Waals surface area contributed by atoms with Crippen LogP contribution < -0.4 is 21.5 Å². The third-order valence-electron chi connectivity index (χ3n) is 5.51. The van der Waals surface area contributed by atoms with E-state index in [1.165, 1.54) is 20.2 Å². The minimum Gasteiger partial charge on any atom is -0.385 e. The third kappa shape index (κ3) is 3.60. The molecule has 0 aromatic carbocycles. The number of nitrogens with zero attached hydrogens (tertiary/aromatic N) is 6. The van der Waals surface area contributed by atoms with E-state index in [4.69, 9.17) is 0 Å². The molecule has 0 bridgehead atoms. The number of amides is 2. The molecule has 34 heavy (non-hydrogen) atoms. The van der Waals surface area contributed by atoms with Gasteiger partial charge in [0.15, 0.2) is 17.2 Å². The molecule has 1 unspecified atom stereocenters. The molecule has 1 aliphatic rings. The van der Waals surface area contributed by atoms with Crippen molar-refractivity contribution in [3.8, 4) is 5.82 Å². The first-order chi connectivity index (χ1) is 16.5. The summed E-state index contributed by atoms with van der Waals surface area (Å²) in [4.78, 5) is 47.8. The van der Waals surface area contributed by atoms with Gasteiger partial charge in [-0.2, -0.15) is 0 Å². The van der Waals surface area contributed by atoms with Crippen molar-refractivity contribution in [3.05, 3.63) is 71.0 Å². The van der Waals surface area contributed by atoms with Crippen LogP contribution >= 0.6 is 0 Å². The lowest BCUT2D eigenvalue weighted by molar-refractivity contribution is -0.141. The molecule has 0 spiro atoms. The Morgan fingerprint density at radius 1 is 1.12 bits per heavy atom. The number of pyridine rings is 2. The summed E-state index contributed by atoms with van der Waals surface area (Å²) in [7, 11) is 3.39. The fraction of sp³-hybridized carbons (Fsp3) is 0.182. The Morgan fingerprint density at radius 3 is 2.68 bits per heavy atom. The highest BCUT2D eigenvalue weighted by molar-refractivity contribution is 5.99. The van der Waals surface area contributed by atoms with Gasteiger partial charge < -0.3 is 20.9 Å². The second-order valence-electron chi connectivity index (χ2n) is 7.73. The average Bonchev–Trinajstić information content (AvgIpc) is 3.29.